The van der Waals surface area contributed by atoms with E-state index in [-0.39, 0.29) is 24.3 Å². The summed E-state index contributed by atoms with van der Waals surface area (Å²) < 4.78 is 28.6. The first kappa shape index (κ1) is 26.0. The molecule has 0 aliphatic carbocycles. The smallest absolute Gasteiger partial charge is 0.343 e. The van der Waals surface area contributed by atoms with Gasteiger partial charge in [0.05, 0.1) is 48.4 Å². The van der Waals surface area contributed by atoms with E-state index in [1.807, 2.05) is 6.92 Å². The normalized spacial score (nSPS) is 15.1. The second kappa shape index (κ2) is 11.3. The Morgan fingerprint density at radius 3 is 2.65 bits per heavy atom. The van der Waals surface area contributed by atoms with Crippen LogP contribution in [0.1, 0.15) is 38.1 Å². The molecule has 11 heteroatoms. The molecule has 194 valence electrons. The maximum atomic E-state index is 13.6. The van der Waals surface area contributed by atoms with E-state index in [0.717, 1.165) is 0 Å². The molecular weight excluding hydrogens is 500 g/mol. The Kier molecular flexibility index (Phi) is 7.92. The van der Waals surface area contributed by atoms with Crippen LogP contribution in [0.3, 0.4) is 0 Å². The number of carbonyl (C=O) groups excluding carboxylic acids is 2. The minimum atomic E-state index is -0.831. The van der Waals surface area contributed by atoms with Crippen molar-refractivity contribution in [3.05, 3.63) is 78.9 Å². The van der Waals surface area contributed by atoms with E-state index < -0.39 is 18.0 Å². The van der Waals surface area contributed by atoms with Crippen LogP contribution >= 0.6 is 11.3 Å². The van der Waals surface area contributed by atoms with Crippen LogP contribution in [0.4, 0.5) is 0 Å². The number of carbonyl (C=O) groups is 2. The van der Waals surface area contributed by atoms with Crippen molar-refractivity contribution in [2.75, 3.05) is 26.9 Å². The molecule has 37 heavy (non-hydrogen) atoms. The van der Waals surface area contributed by atoms with E-state index in [1.165, 1.54) is 29.3 Å². The third-order valence-electron chi connectivity index (χ3n) is 5.49. The number of esters is 2. The first-order chi connectivity index (χ1) is 17.9. The number of hydrogen-bond acceptors (Lipinski definition) is 10. The van der Waals surface area contributed by atoms with Crippen LogP contribution in [0, 0.1) is 0 Å². The van der Waals surface area contributed by atoms with Crippen LogP contribution in [0.2, 0.25) is 0 Å². The van der Waals surface area contributed by atoms with Crippen molar-refractivity contribution in [1.82, 2.24) is 4.57 Å². The van der Waals surface area contributed by atoms with Crippen molar-refractivity contribution < 1.29 is 33.0 Å². The summed E-state index contributed by atoms with van der Waals surface area (Å²) in [5.74, 6) is 0.0735. The lowest BCUT2D eigenvalue weighted by Gasteiger charge is -2.25. The van der Waals surface area contributed by atoms with Gasteiger partial charge < -0.3 is 23.4 Å². The van der Waals surface area contributed by atoms with Gasteiger partial charge in [-0.25, -0.2) is 14.6 Å². The van der Waals surface area contributed by atoms with Crippen molar-refractivity contribution in [3.8, 4) is 11.5 Å². The Morgan fingerprint density at radius 2 is 1.97 bits per heavy atom. The number of fused-ring (bicyclic) bond motifs is 1. The van der Waals surface area contributed by atoms with E-state index in [1.54, 1.807) is 50.3 Å². The van der Waals surface area contributed by atoms with Crippen molar-refractivity contribution in [3.63, 3.8) is 0 Å². The molecule has 2 aromatic heterocycles. The molecule has 0 spiro atoms. The number of furan rings is 1. The first-order valence-corrected chi connectivity index (χ1v) is 12.4. The van der Waals surface area contributed by atoms with Gasteiger partial charge in [-0.15, -0.1) is 0 Å². The molecule has 1 atom stereocenters. The number of hydrogen-bond donors (Lipinski definition) is 0. The van der Waals surface area contributed by atoms with Gasteiger partial charge in [0.15, 0.2) is 22.9 Å². The lowest BCUT2D eigenvalue weighted by molar-refractivity contribution is -0.143. The fourth-order valence-electron chi connectivity index (χ4n) is 3.89. The monoisotopic (exact) mass is 526 g/mol. The predicted octanol–water partition coefficient (Wildman–Crippen LogP) is 2.34. The molecule has 0 fully saturated rings. The fourth-order valence-corrected chi connectivity index (χ4v) is 4.91. The number of nitrogens with zero attached hydrogens (tertiary/aromatic N) is 2. The van der Waals surface area contributed by atoms with Crippen LogP contribution < -0.4 is 24.4 Å². The Hall–Kier alpha value is -4.12. The quantitative estimate of drug-likeness (QED) is 0.390. The molecule has 1 aliphatic rings. The largest absolute Gasteiger partial charge is 0.490 e. The van der Waals surface area contributed by atoms with Gasteiger partial charge in [-0.2, -0.15) is 0 Å². The average Bonchev–Trinajstić information content (AvgIpc) is 3.50. The van der Waals surface area contributed by atoms with E-state index in [2.05, 4.69) is 9.73 Å². The van der Waals surface area contributed by atoms with Crippen molar-refractivity contribution in [1.29, 1.82) is 0 Å². The van der Waals surface area contributed by atoms with Crippen LogP contribution in [0.25, 0.3) is 6.08 Å². The zero-order chi connectivity index (χ0) is 26.5. The third-order valence-corrected chi connectivity index (χ3v) is 6.47. The highest BCUT2D eigenvalue weighted by Crippen LogP contribution is 2.36. The molecule has 10 nitrogen and oxygen atoms in total. The summed E-state index contributed by atoms with van der Waals surface area (Å²) in [7, 11) is 1.27. The summed E-state index contributed by atoms with van der Waals surface area (Å²) in [6.45, 7) is 5.41. The van der Waals surface area contributed by atoms with Crippen LogP contribution in [0.5, 0.6) is 11.5 Å². The van der Waals surface area contributed by atoms with E-state index in [4.69, 9.17) is 18.6 Å². The highest BCUT2D eigenvalue weighted by atomic mass is 32.1. The molecule has 0 saturated carbocycles. The van der Waals surface area contributed by atoms with Gasteiger partial charge in [0.25, 0.3) is 5.56 Å². The van der Waals surface area contributed by atoms with E-state index in [0.29, 0.717) is 44.5 Å². The topological polar surface area (TPSA) is 119 Å². The molecule has 4 rings (SSSR count). The molecule has 1 aromatic carbocycles. The Balaban J connectivity index is 1.89. The zero-order valence-electron chi connectivity index (χ0n) is 20.8. The summed E-state index contributed by atoms with van der Waals surface area (Å²) in [4.78, 5) is 43.2. The van der Waals surface area contributed by atoms with Gasteiger partial charge in [-0.3, -0.25) is 9.36 Å². The molecule has 0 N–H and O–H groups in total. The van der Waals surface area contributed by atoms with Crippen LogP contribution in [-0.2, 0) is 19.1 Å². The number of aromatic nitrogens is 1. The lowest BCUT2D eigenvalue weighted by Crippen LogP contribution is -2.40. The van der Waals surface area contributed by atoms with Gasteiger partial charge in [0, 0.05) is 6.08 Å². The van der Waals surface area contributed by atoms with Crippen molar-refractivity contribution in [2.45, 2.75) is 26.8 Å². The SMILES string of the molecule is CCOC(=O)C1=C(C)N=c2s/c(=C\c3ccco3)c(=O)n2[C@@H]1c1ccc(OCC(=O)OC)c(OCC)c1. The van der Waals surface area contributed by atoms with Gasteiger partial charge in [0.1, 0.15) is 5.76 Å². The maximum Gasteiger partial charge on any atom is 0.343 e. The summed E-state index contributed by atoms with van der Waals surface area (Å²) in [5.41, 5.74) is 0.933. The number of thiazole rings is 1. The minimum Gasteiger partial charge on any atom is -0.490 e. The van der Waals surface area contributed by atoms with E-state index >= 15 is 0 Å². The minimum absolute atomic E-state index is 0.162. The van der Waals surface area contributed by atoms with E-state index in [9.17, 15) is 14.4 Å². The second-order valence-corrected chi connectivity index (χ2v) is 8.83. The predicted molar refractivity (Wildman–Crippen MR) is 134 cm³/mol. The first-order valence-electron chi connectivity index (χ1n) is 11.6. The summed E-state index contributed by atoms with van der Waals surface area (Å²) in [6.07, 6.45) is 3.16. The van der Waals surface area contributed by atoms with Crippen molar-refractivity contribution >= 4 is 29.4 Å². The van der Waals surface area contributed by atoms with Gasteiger partial charge in [-0.05, 0) is 50.6 Å². The van der Waals surface area contributed by atoms with Gasteiger partial charge in [0.2, 0.25) is 0 Å². The Bertz CT molecular complexity index is 1510. The average molecular weight is 527 g/mol. The number of rotatable bonds is 9. The summed E-state index contributed by atoms with van der Waals surface area (Å²) in [5, 5.41) is 0. The number of benzene rings is 1. The molecular formula is C26H26N2O8S. The lowest BCUT2D eigenvalue weighted by atomic mass is 9.95. The highest BCUT2D eigenvalue weighted by molar-refractivity contribution is 7.07. The summed E-state index contributed by atoms with van der Waals surface area (Å²) >= 11 is 1.20. The van der Waals surface area contributed by atoms with Gasteiger partial charge in [-0.1, -0.05) is 17.4 Å². The summed E-state index contributed by atoms with van der Waals surface area (Å²) in [6, 6.07) is 7.66. The molecule has 0 radical (unpaired) electrons. The van der Waals surface area contributed by atoms with Gasteiger partial charge >= 0.3 is 11.9 Å². The molecule has 0 unspecified atom stereocenters. The molecule has 1 aliphatic heterocycles. The maximum absolute atomic E-state index is 13.6. The Labute approximate surface area is 216 Å². The number of methoxy groups -OCH3 is 1. The second-order valence-electron chi connectivity index (χ2n) is 7.82. The number of ether oxygens (including phenoxy) is 4. The van der Waals surface area contributed by atoms with Crippen molar-refractivity contribution in [2.24, 2.45) is 4.99 Å². The fraction of sp³-hybridized carbons (Fsp3) is 0.308. The molecule has 3 heterocycles. The molecule has 3 aromatic rings. The highest BCUT2D eigenvalue weighted by Gasteiger charge is 2.34. The Morgan fingerprint density at radius 1 is 1.16 bits per heavy atom. The molecule has 0 bridgehead atoms. The standard InChI is InChI=1S/C26H26N2O8S/c1-5-33-19-12-16(9-10-18(19)36-14-21(29)32-4)23-22(25(31)34-6-2)15(3)27-26-28(23)24(30)20(37-26)13-17-8-7-11-35-17/h7-13,23H,5-6,14H2,1-4H3/b20-13-/t23-/m1/s1. The molecule has 0 amide bonds. The van der Waals surface area contributed by atoms with Crippen LogP contribution in [0.15, 0.2) is 62.1 Å². The molecule has 0 saturated heterocycles. The zero-order valence-corrected chi connectivity index (χ0v) is 21.6. The third kappa shape index (κ3) is 5.36. The number of allylic oxidation sites excluding steroid dienone is 1. The van der Waals surface area contributed by atoms with Crippen LogP contribution in [-0.4, -0.2) is 43.4 Å².